The highest BCUT2D eigenvalue weighted by molar-refractivity contribution is 7.92. The Morgan fingerprint density at radius 2 is 1.63 bits per heavy atom. The van der Waals surface area contributed by atoms with Crippen LogP contribution in [0.5, 0.6) is 0 Å². The Kier molecular flexibility index (Phi) is 6.77. The normalized spacial score (nSPS) is 15.4. The molecular formula is C22H26N2O5S. The fraction of sp³-hybridized carbons (Fsp3) is 0.364. The molecule has 0 spiro atoms. The zero-order valence-corrected chi connectivity index (χ0v) is 17.9. The van der Waals surface area contributed by atoms with E-state index < -0.39 is 22.1 Å². The highest BCUT2D eigenvalue weighted by atomic mass is 32.2. The molecule has 30 heavy (non-hydrogen) atoms. The molecule has 7 nitrogen and oxygen atoms in total. The van der Waals surface area contributed by atoms with Gasteiger partial charge in [-0.3, -0.25) is 9.10 Å². The van der Waals surface area contributed by atoms with Gasteiger partial charge in [0.2, 0.25) is 0 Å². The maximum Gasteiger partial charge on any atom is 0.338 e. The fourth-order valence-corrected chi connectivity index (χ4v) is 4.56. The zero-order valence-electron chi connectivity index (χ0n) is 17.1. The Morgan fingerprint density at radius 3 is 2.23 bits per heavy atom. The first kappa shape index (κ1) is 21.8. The summed E-state index contributed by atoms with van der Waals surface area (Å²) in [7, 11) is -2.30. The number of para-hydroxylation sites is 1. The molecule has 1 aliphatic rings. The number of sulfonamides is 1. The number of carbonyl (C=O) groups excluding carboxylic acids is 2. The SMILES string of the molecule is C[C@H](OC(=O)c1ccc(S(=O)(=O)N(C)c2ccccc2)cc1)C(=O)NC1CCCC1. The average Bonchev–Trinajstić information content (AvgIpc) is 3.26. The summed E-state index contributed by atoms with van der Waals surface area (Å²) in [6.45, 7) is 1.52. The molecule has 1 fully saturated rings. The molecule has 0 radical (unpaired) electrons. The van der Waals surface area contributed by atoms with Crippen molar-refractivity contribution in [2.24, 2.45) is 0 Å². The Bertz CT molecular complexity index is 984. The van der Waals surface area contributed by atoms with Crippen molar-refractivity contribution in [1.82, 2.24) is 5.32 Å². The minimum absolute atomic E-state index is 0.0532. The Morgan fingerprint density at radius 1 is 1.03 bits per heavy atom. The second-order valence-electron chi connectivity index (χ2n) is 7.37. The molecular weight excluding hydrogens is 404 g/mol. The summed E-state index contributed by atoms with van der Waals surface area (Å²) < 4.78 is 32.0. The van der Waals surface area contributed by atoms with Crippen LogP contribution in [0.2, 0.25) is 0 Å². The van der Waals surface area contributed by atoms with Crippen LogP contribution < -0.4 is 9.62 Å². The van der Waals surface area contributed by atoms with E-state index in [1.54, 1.807) is 30.3 Å². The second kappa shape index (κ2) is 9.30. The maximum absolute atomic E-state index is 12.8. The minimum atomic E-state index is -3.77. The lowest BCUT2D eigenvalue weighted by Crippen LogP contribution is -2.40. The van der Waals surface area contributed by atoms with Crippen LogP contribution in [0.4, 0.5) is 5.69 Å². The quantitative estimate of drug-likeness (QED) is 0.682. The van der Waals surface area contributed by atoms with Crippen molar-refractivity contribution < 1.29 is 22.7 Å². The van der Waals surface area contributed by atoms with Gasteiger partial charge in [-0.2, -0.15) is 0 Å². The van der Waals surface area contributed by atoms with Crippen LogP contribution >= 0.6 is 0 Å². The number of rotatable bonds is 7. The van der Waals surface area contributed by atoms with Gasteiger partial charge < -0.3 is 10.1 Å². The van der Waals surface area contributed by atoms with E-state index in [1.165, 1.54) is 42.5 Å². The first-order valence-electron chi connectivity index (χ1n) is 9.94. The summed E-state index contributed by atoms with van der Waals surface area (Å²) in [4.78, 5) is 24.6. The number of nitrogens with one attached hydrogen (secondary N) is 1. The Labute approximate surface area is 177 Å². The molecule has 0 aliphatic heterocycles. The number of carbonyl (C=O) groups is 2. The third-order valence-corrected chi connectivity index (χ3v) is 7.02. The number of nitrogens with zero attached hydrogens (tertiary/aromatic N) is 1. The molecule has 1 aliphatic carbocycles. The summed E-state index contributed by atoms with van der Waals surface area (Å²) >= 11 is 0. The van der Waals surface area contributed by atoms with Crippen LogP contribution in [0.25, 0.3) is 0 Å². The number of hydrogen-bond donors (Lipinski definition) is 1. The van der Waals surface area contributed by atoms with Crippen LogP contribution in [-0.4, -0.2) is 39.5 Å². The van der Waals surface area contributed by atoms with E-state index in [0.29, 0.717) is 5.69 Å². The number of benzene rings is 2. The molecule has 1 N–H and O–H groups in total. The molecule has 0 aromatic heterocycles. The molecule has 2 aromatic rings. The number of amides is 1. The Hall–Kier alpha value is -2.87. The van der Waals surface area contributed by atoms with E-state index in [4.69, 9.17) is 4.74 Å². The van der Waals surface area contributed by atoms with Crippen LogP contribution in [0.1, 0.15) is 43.0 Å². The van der Waals surface area contributed by atoms with E-state index in [9.17, 15) is 18.0 Å². The van der Waals surface area contributed by atoms with Crippen molar-refractivity contribution in [3.8, 4) is 0 Å². The molecule has 0 unspecified atom stereocenters. The van der Waals surface area contributed by atoms with Gasteiger partial charge in [-0.05, 0) is 56.2 Å². The average molecular weight is 431 g/mol. The van der Waals surface area contributed by atoms with Gasteiger partial charge in [-0.25, -0.2) is 13.2 Å². The van der Waals surface area contributed by atoms with Gasteiger partial charge in [0.15, 0.2) is 6.10 Å². The number of anilines is 1. The van der Waals surface area contributed by atoms with Crippen LogP contribution in [0.15, 0.2) is 59.5 Å². The monoisotopic (exact) mass is 430 g/mol. The molecule has 0 saturated heterocycles. The minimum Gasteiger partial charge on any atom is -0.449 e. The molecule has 1 atom stereocenters. The van der Waals surface area contributed by atoms with Gasteiger partial charge in [-0.1, -0.05) is 31.0 Å². The van der Waals surface area contributed by atoms with Crippen molar-refractivity contribution >= 4 is 27.6 Å². The summed E-state index contributed by atoms with van der Waals surface area (Å²) in [6, 6.07) is 14.3. The van der Waals surface area contributed by atoms with Gasteiger partial charge in [0, 0.05) is 13.1 Å². The number of ether oxygens (including phenoxy) is 1. The molecule has 0 bridgehead atoms. The standard InChI is InChI=1S/C22H26N2O5S/c1-16(21(25)23-18-8-6-7-9-18)29-22(26)17-12-14-20(15-13-17)30(27,28)24(2)19-10-4-3-5-11-19/h3-5,10-16,18H,6-9H2,1-2H3,(H,23,25)/t16-/m0/s1. The van der Waals surface area contributed by atoms with Crippen LogP contribution in [-0.2, 0) is 19.6 Å². The molecule has 160 valence electrons. The van der Waals surface area contributed by atoms with Gasteiger partial charge in [-0.15, -0.1) is 0 Å². The largest absolute Gasteiger partial charge is 0.449 e. The van der Waals surface area contributed by atoms with Gasteiger partial charge in [0.25, 0.3) is 15.9 Å². The lowest BCUT2D eigenvalue weighted by atomic mass is 10.2. The highest BCUT2D eigenvalue weighted by Gasteiger charge is 2.25. The van der Waals surface area contributed by atoms with E-state index in [2.05, 4.69) is 5.32 Å². The number of hydrogen-bond acceptors (Lipinski definition) is 5. The van der Waals surface area contributed by atoms with Crippen molar-refractivity contribution in [1.29, 1.82) is 0 Å². The van der Waals surface area contributed by atoms with Crippen molar-refractivity contribution in [3.63, 3.8) is 0 Å². The first-order chi connectivity index (χ1) is 14.3. The van der Waals surface area contributed by atoms with Crippen LogP contribution in [0, 0.1) is 0 Å². The lowest BCUT2D eigenvalue weighted by Gasteiger charge is -2.19. The topological polar surface area (TPSA) is 92.8 Å². The molecule has 1 saturated carbocycles. The molecule has 1 amide bonds. The molecule has 8 heteroatoms. The van der Waals surface area contributed by atoms with Crippen molar-refractivity contribution in [2.75, 3.05) is 11.4 Å². The van der Waals surface area contributed by atoms with Gasteiger partial charge in [0.1, 0.15) is 0 Å². The van der Waals surface area contributed by atoms with E-state index >= 15 is 0 Å². The van der Waals surface area contributed by atoms with E-state index in [-0.39, 0.29) is 22.4 Å². The molecule has 2 aromatic carbocycles. The predicted octanol–water partition coefficient (Wildman–Crippen LogP) is 3.12. The van der Waals surface area contributed by atoms with Gasteiger partial charge >= 0.3 is 5.97 Å². The summed E-state index contributed by atoms with van der Waals surface area (Å²) in [6.07, 6.45) is 3.15. The smallest absolute Gasteiger partial charge is 0.338 e. The number of esters is 1. The van der Waals surface area contributed by atoms with E-state index in [1.807, 2.05) is 0 Å². The third-order valence-electron chi connectivity index (χ3n) is 5.22. The first-order valence-corrected chi connectivity index (χ1v) is 11.4. The van der Waals surface area contributed by atoms with Crippen molar-refractivity contribution in [3.05, 3.63) is 60.2 Å². The summed E-state index contributed by atoms with van der Waals surface area (Å²) in [5.74, 6) is -0.997. The Balaban J connectivity index is 1.64. The van der Waals surface area contributed by atoms with Gasteiger partial charge in [0.05, 0.1) is 16.1 Å². The molecule has 3 rings (SSSR count). The predicted molar refractivity (Wildman–Crippen MR) is 114 cm³/mol. The molecule has 0 heterocycles. The van der Waals surface area contributed by atoms with Crippen molar-refractivity contribution in [2.45, 2.75) is 49.6 Å². The fourth-order valence-electron chi connectivity index (χ4n) is 3.37. The maximum atomic E-state index is 12.8. The summed E-state index contributed by atoms with van der Waals surface area (Å²) in [5.41, 5.74) is 0.708. The third kappa shape index (κ3) is 4.99. The second-order valence-corrected chi connectivity index (χ2v) is 9.34. The van der Waals surface area contributed by atoms with Crippen LogP contribution in [0.3, 0.4) is 0 Å². The van der Waals surface area contributed by atoms with E-state index in [0.717, 1.165) is 25.7 Å². The zero-order chi connectivity index (χ0) is 21.7. The lowest BCUT2D eigenvalue weighted by molar-refractivity contribution is -0.129. The highest BCUT2D eigenvalue weighted by Crippen LogP contribution is 2.22. The summed E-state index contributed by atoms with van der Waals surface area (Å²) in [5, 5.41) is 2.89.